The van der Waals surface area contributed by atoms with Crippen LogP contribution in [-0.2, 0) is 0 Å². The molecule has 9 unspecified atom stereocenters. The Balaban J connectivity index is 1.17. The third-order valence-electron chi connectivity index (χ3n) is 20.0. The molecular formula is C90H87PS3. The van der Waals surface area contributed by atoms with Crippen LogP contribution >= 0.6 is 39.7 Å². The molecule has 470 valence electrons. The van der Waals surface area contributed by atoms with Gasteiger partial charge in [0.25, 0.3) is 0 Å². The predicted octanol–water partition coefficient (Wildman–Crippen LogP) is 27.0. The zero-order valence-electron chi connectivity index (χ0n) is 55.8. The summed E-state index contributed by atoms with van der Waals surface area (Å²) in [6.07, 6.45) is 0. The van der Waals surface area contributed by atoms with Crippen molar-refractivity contribution in [2.45, 2.75) is 130 Å². The van der Waals surface area contributed by atoms with Crippen LogP contribution in [0, 0.1) is 0 Å². The molecule has 0 aromatic heterocycles. The summed E-state index contributed by atoms with van der Waals surface area (Å²) in [7, 11) is 0. The molecule has 0 fully saturated rings. The highest BCUT2D eigenvalue weighted by Gasteiger charge is 2.34. The fourth-order valence-corrected chi connectivity index (χ4v) is 24.9. The molecule has 0 nitrogen and oxygen atoms in total. The lowest BCUT2D eigenvalue weighted by Gasteiger charge is -2.32. The van der Waals surface area contributed by atoms with Crippen molar-refractivity contribution >= 4 is 39.7 Å². The van der Waals surface area contributed by atoms with Crippen molar-refractivity contribution in [1.82, 2.24) is 0 Å². The highest BCUT2D eigenvalue weighted by Crippen LogP contribution is 2.79. The predicted molar refractivity (Wildman–Crippen MR) is 409 cm³/mol. The lowest BCUT2D eigenvalue weighted by molar-refractivity contribution is 0.819. The largest absolute Gasteiger partial charge is 0.0877 e. The molecule has 12 rings (SSSR count). The molecule has 0 bridgehead atoms. The Hall–Kier alpha value is -7.88. The second-order valence-electron chi connectivity index (χ2n) is 25.8. The van der Waals surface area contributed by atoms with Crippen LogP contribution in [0.5, 0.6) is 0 Å². The van der Waals surface area contributed by atoms with E-state index in [1.54, 1.807) is 0 Å². The molecule has 0 spiro atoms. The van der Waals surface area contributed by atoms with Gasteiger partial charge in [-0.25, -0.2) is 0 Å². The van der Waals surface area contributed by atoms with Crippen molar-refractivity contribution in [1.29, 1.82) is 0 Å². The maximum atomic E-state index is 2.61. The van der Waals surface area contributed by atoms with Gasteiger partial charge in [0, 0.05) is 67.9 Å². The van der Waals surface area contributed by atoms with E-state index in [1.165, 1.54) is 115 Å². The maximum Gasteiger partial charge on any atom is 0.0877 e. The van der Waals surface area contributed by atoms with Crippen molar-refractivity contribution in [2.24, 2.45) is 0 Å². The zero-order chi connectivity index (χ0) is 65.1. The van der Waals surface area contributed by atoms with Crippen molar-refractivity contribution < 1.29 is 0 Å². The number of hydrogen-bond donors (Lipinski definition) is 0. The molecule has 12 aromatic carbocycles. The van der Waals surface area contributed by atoms with Gasteiger partial charge < -0.3 is 0 Å². The van der Waals surface area contributed by atoms with E-state index in [2.05, 4.69) is 406 Å². The normalized spacial score (nSPS) is 14.8. The topological polar surface area (TPSA) is 0 Å². The van der Waals surface area contributed by atoms with Crippen LogP contribution in [0.4, 0.5) is 0 Å². The summed E-state index contributed by atoms with van der Waals surface area (Å²) in [6.45, 7) is 22.0. The summed E-state index contributed by atoms with van der Waals surface area (Å²) in [4.78, 5) is 4.16. The average Bonchev–Trinajstić information content (AvgIpc) is 0.779. The van der Waals surface area contributed by atoms with Gasteiger partial charge in [0.05, 0.1) is 5.53 Å². The summed E-state index contributed by atoms with van der Waals surface area (Å²) in [5.74, 6) is 1.00. The first-order chi connectivity index (χ1) is 45.9. The molecule has 94 heavy (non-hydrogen) atoms. The molecule has 0 amide bonds. The highest BCUT2D eigenvalue weighted by atomic mass is 33.4. The Morgan fingerprint density at radius 3 is 0.436 bits per heavy atom. The first kappa shape index (κ1) is 66.2. The molecule has 0 saturated heterocycles. The van der Waals surface area contributed by atoms with E-state index < -0.39 is 5.53 Å². The van der Waals surface area contributed by atoms with Crippen LogP contribution in [0.25, 0.3) is 0 Å². The van der Waals surface area contributed by atoms with Crippen molar-refractivity contribution in [2.75, 3.05) is 0 Å². The number of hydrogen-bond acceptors (Lipinski definition) is 3. The molecular weight excluding hydrogens is 1210 g/mol. The minimum Gasteiger partial charge on any atom is -0.0748 e. The van der Waals surface area contributed by atoms with Gasteiger partial charge in [-0.15, -0.1) is 0 Å². The lowest BCUT2D eigenvalue weighted by Crippen LogP contribution is -2.09. The molecule has 0 saturated carbocycles. The summed E-state index contributed by atoms with van der Waals surface area (Å²) < 4.78 is 0. The Morgan fingerprint density at radius 1 is 0.170 bits per heavy atom. The van der Waals surface area contributed by atoms with Gasteiger partial charge in [-0.05, 0) is 100 Å². The van der Waals surface area contributed by atoms with Gasteiger partial charge in [-0.1, -0.05) is 406 Å². The van der Waals surface area contributed by atoms with Gasteiger partial charge in [0.2, 0.25) is 0 Å². The van der Waals surface area contributed by atoms with E-state index >= 15 is 0 Å². The summed E-state index contributed by atoms with van der Waals surface area (Å²) in [5.41, 5.74) is 23.0. The number of benzene rings is 12. The first-order valence-corrected chi connectivity index (χ1v) is 39.3. The maximum absolute atomic E-state index is 2.61. The third-order valence-corrected chi connectivity index (χ3v) is 29.4. The van der Waals surface area contributed by atoms with Gasteiger partial charge in [0.1, 0.15) is 0 Å². The molecule has 0 aliphatic rings. The Bertz CT molecular complexity index is 3710. The van der Waals surface area contributed by atoms with Gasteiger partial charge in [0.15, 0.2) is 0 Å². The molecule has 4 heteroatoms. The lowest BCUT2D eigenvalue weighted by atomic mass is 9.82. The van der Waals surface area contributed by atoms with E-state index in [0.717, 1.165) is 0 Å². The Kier molecular flexibility index (Phi) is 21.9. The monoisotopic (exact) mass is 1290 g/mol. The molecule has 0 heterocycles. The van der Waals surface area contributed by atoms with Gasteiger partial charge in [-0.2, -0.15) is 0 Å². The van der Waals surface area contributed by atoms with Gasteiger partial charge >= 0.3 is 0 Å². The summed E-state index contributed by atoms with van der Waals surface area (Å²) in [6, 6.07) is 117. The van der Waals surface area contributed by atoms with E-state index in [9.17, 15) is 0 Å². The Labute approximate surface area is 575 Å². The average molecular weight is 1300 g/mol. The number of rotatable bonds is 24. The molecule has 0 aliphatic carbocycles. The van der Waals surface area contributed by atoms with Crippen LogP contribution in [0.2, 0.25) is 0 Å². The summed E-state index contributed by atoms with van der Waals surface area (Å²) >= 11 is 6.49. The smallest absolute Gasteiger partial charge is 0.0748 e. The fraction of sp³-hybridized carbons (Fsp3) is 0.200. The molecule has 9 atom stereocenters. The van der Waals surface area contributed by atoms with E-state index in [-0.39, 0.29) is 53.3 Å². The highest BCUT2D eigenvalue weighted by molar-refractivity contribution is 9.12. The van der Waals surface area contributed by atoms with Crippen molar-refractivity contribution in [3.8, 4) is 0 Å². The fourth-order valence-electron chi connectivity index (χ4n) is 13.7. The van der Waals surface area contributed by atoms with E-state index in [4.69, 9.17) is 0 Å². The SMILES string of the molecule is CC(c1ccccc1)c1cc(C(C)c2ccccc2)c(SP(Sc2c(C(C)c3ccccc3)cc(C(C)c3ccccc3)cc2C(C)c2ccccc2)Sc2c(C(C)c3ccccc3)cc(C(C)c3ccccc3)cc2C(C)c2ccccc2)c(C(C)c2ccccc2)c1. The van der Waals surface area contributed by atoms with Crippen LogP contribution in [0.15, 0.2) is 324 Å². The molecule has 12 aromatic rings. The van der Waals surface area contributed by atoms with Crippen molar-refractivity contribution in [3.63, 3.8) is 0 Å². The first-order valence-electron chi connectivity index (χ1n) is 33.7. The summed E-state index contributed by atoms with van der Waals surface area (Å²) in [5, 5.41) is 0. The van der Waals surface area contributed by atoms with E-state index in [1.807, 2.05) is 0 Å². The molecule has 0 aliphatic heterocycles. The quantitative estimate of drug-likeness (QED) is 0.0554. The van der Waals surface area contributed by atoms with Gasteiger partial charge in [-0.3, -0.25) is 0 Å². The third kappa shape index (κ3) is 15.1. The van der Waals surface area contributed by atoms with Crippen LogP contribution < -0.4 is 0 Å². The Morgan fingerprint density at radius 2 is 0.298 bits per heavy atom. The van der Waals surface area contributed by atoms with Crippen LogP contribution in [-0.4, -0.2) is 0 Å². The van der Waals surface area contributed by atoms with Crippen LogP contribution in [0.3, 0.4) is 0 Å². The minimum atomic E-state index is -1.21. The molecule has 0 N–H and O–H groups in total. The standard InChI is InChI=1S/C90H87PS3/c1-61(70-37-19-10-20-38-70)79-55-82(64(4)73-43-25-13-26-44-73)88(83(56-79)65(5)74-45-27-14-28-46-74)92-91(93-89-84(66(6)75-47-29-15-30-48-75)57-80(62(2)71-39-21-11-22-40-71)58-85(89)67(7)76-49-31-16-32-50-76)94-90-86(68(8)77-51-33-17-34-52-77)59-81(63(3)72-41-23-12-24-42-72)60-87(90)69(9)78-53-35-18-36-54-78/h10-69H,1-9H3. The zero-order valence-corrected chi connectivity index (χ0v) is 59.2. The second kappa shape index (κ2) is 31.1. The second-order valence-corrected chi connectivity index (χ2v) is 35.0. The minimum absolute atomic E-state index is 0.0855. The van der Waals surface area contributed by atoms with E-state index in [0.29, 0.717) is 0 Å². The van der Waals surface area contributed by atoms with Crippen molar-refractivity contribution in [3.05, 3.63) is 410 Å². The van der Waals surface area contributed by atoms with Crippen LogP contribution in [0.1, 0.15) is 216 Å². The molecule has 0 radical (unpaired) electrons.